The third-order valence-electron chi connectivity index (χ3n) is 4.36. The smallest absolute Gasteiger partial charge is 0.307 e. The number of esters is 4. The van der Waals surface area contributed by atoms with Gasteiger partial charge in [-0.3, -0.25) is 24.0 Å². The molecule has 1 heterocycles. The van der Waals surface area contributed by atoms with E-state index in [2.05, 4.69) is 5.32 Å². The first-order valence-corrected chi connectivity index (χ1v) is 10.3. The van der Waals surface area contributed by atoms with Gasteiger partial charge in [0.05, 0.1) is 0 Å². The van der Waals surface area contributed by atoms with Crippen LogP contribution in [0.1, 0.15) is 60.3 Å². The van der Waals surface area contributed by atoms with Gasteiger partial charge in [0, 0.05) is 32.6 Å². The van der Waals surface area contributed by atoms with Crippen LogP contribution in [0.15, 0.2) is 0 Å². The molecule has 11 nitrogen and oxygen atoms in total. The molecule has 1 rings (SSSR count). The molecule has 0 spiro atoms. The lowest BCUT2D eigenvalue weighted by molar-refractivity contribution is -0.272. The van der Waals surface area contributed by atoms with Gasteiger partial charge in [0.1, 0.15) is 18.8 Å². The Morgan fingerprint density at radius 1 is 0.742 bits per heavy atom. The zero-order valence-electron chi connectivity index (χ0n) is 18.5. The number of rotatable bonds is 10. The van der Waals surface area contributed by atoms with Crippen molar-refractivity contribution in [1.82, 2.24) is 5.32 Å². The van der Waals surface area contributed by atoms with Gasteiger partial charge in [-0.25, -0.2) is 0 Å². The molecule has 11 heteroatoms. The van der Waals surface area contributed by atoms with Crippen LogP contribution in [0.3, 0.4) is 0 Å². The molecule has 31 heavy (non-hydrogen) atoms. The second-order valence-corrected chi connectivity index (χ2v) is 6.77. The summed E-state index contributed by atoms with van der Waals surface area (Å²) in [6.45, 7) is 7.18. The Morgan fingerprint density at radius 2 is 1.23 bits per heavy atom. The lowest BCUT2D eigenvalue weighted by Crippen LogP contribution is -2.67. The van der Waals surface area contributed by atoms with Gasteiger partial charge in [0.2, 0.25) is 12.2 Å². The minimum Gasteiger partial charge on any atom is -0.463 e. The number of ether oxygens (including phenoxy) is 5. The summed E-state index contributed by atoms with van der Waals surface area (Å²) in [7, 11) is 0. The lowest BCUT2D eigenvalue weighted by atomic mass is 9.96. The first-order chi connectivity index (χ1) is 14.7. The molecule has 0 saturated carbocycles. The summed E-state index contributed by atoms with van der Waals surface area (Å²) >= 11 is 0. The van der Waals surface area contributed by atoms with Gasteiger partial charge in [0.15, 0.2) is 12.2 Å². The number of carbonyl (C=O) groups excluding carboxylic acids is 5. The van der Waals surface area contributed by atoms with Crippen molar-refractivity contribution in [3.8, 4) is 0 Å². The molecule has 1 fully saturated rings. The van der Waals surface area contributed by atoms with Crippen LogP contribution in [0, 0.1) is 0 Å². The molecular formula is C20H31NO10. The van der Waals surface area contributed by atoms with E-state index in [4.69, 9.17) is 23.7 Å². The number of nitrogens with one attached hydrogen (secondary N) is 1. The highest BCUT2D eigenvalue weighted by molar-refractivity contribution is 5.74. The molecule has 0 aliphatic carbocycles. The quantitative estimate of drug-likeness (QED) is 0.378. The van der Waals surface area contributed by atoms with E-state index >= 15 is 0 Å². The van der Waals surface area contributed by atoms with Crippen LogP contribution < -0.4 is 5.32 Å². The number of hydrogen-bond acceptors (Lipinski definition) is 10. The fourth-order valence-corrected chi connectivity index (χ4v) is 2.77. The van der Waals surface area contributed by atoms with E-state index in [1.54, 1.807) is 27.7 Å². The molecule has 2 unspecified atom stereocenters. The van der Waals surface area contributed by atoms with E-state index in [0.717, 1.165) is 0 Å². The zero-order chi connectivity index (χ0) is 23.6. The van der Waals surface area contributed by atoms with Crippen LogP contribution in [0.5, 0.6) is 0 Å². The minimum absolute atomic E-state index is 0.00743. The zero-order valence-corrected chi connectivity index (χ0v) is 18.5. The first kappa shape index (κ1) is 26.3. The number of hydrogen-bond donors (Lipinski definition) is 1. The Kier molecular flexibility index (Phi) is 10.9. The summed E-state index contributed by atoms with van der Waals surface area (Å²) in [5.74, 6) is -2.93. The average molecular weight is 445 g/mol. The maximum atomic E-state index is 12.1. The van der Waals surface area contributed by atoms with Crippen LogP contribution in [-0.2, 0) is 47.7 Å². The molecule has 5 atom stereocenters. The molecule has 1 aliphatic rings. The monoisotopic (exact) mass is 445 g/mol. The molecule has 1 amide bonds. The lowest BCUT2D eigenvalue weighted by Gasteiger charge is -2.44. The van der Waals surface area contributed by atoms with Gasteiger partial charge in [-0.05, 0) is 0 Å². The highest BCUT2D eigenvalue weighted by Crippen LogP contribution is 2.28. The molecule has 0 aromatic heterocycles. The molecule has 1 N–H and O–H groups in total. The predicted octanol–water partition coefficient (Wildman–Crippen LogP) is 0.766. The van der Waals surface area contributed by atoms with E-state index in [1.807, 2.05) is 0 Å². The fraction of sp³-hybridized carbons (Fsp3) is 0.750. The molecule has 1 aliphatic heterocycles. The molecule has 0 aromatic carbocycles. The van der Waals surface area contributed by atoms with Crippen molar-refractivity contribution < 1.29 is 47.7 Å². The fourth-order valence-electron chi connectivity index (χ4n) is 2.77. The maximum absolute atomic E-state index is 12.1. The van der Waals surface area contributed by atoms with Gasteiger partial charge >= 0.3 is 23.9 Å². The Morgan fingerprint density at radius 3 is 1.71 bits per heavy atom. The normalized spacial score (nSPS) is 25.1. The Hall–Kier alpha value is -2.69. The SMILES string of the molecule is CCC(=O)OCC1O[C@@H](OC(=O)CC)C(NC(C)=O)[C@@H](OC(=O)CC)[C@@H]1OC(=O)CC. The summed E-state index contributed by atoms with van der Waals surface area (Å²) in [6, 6.07) is -1.16. The number of amides is 1. The van der Waals surface area contributed by atoms with Gasteiger partial charge in [0.25, 0.3) is 0 Å². The van der Waals surface area contributed by atoms with Gasteiger partial charge < -0.3 is 29.0 Å². The van der Waals surface area contributed by atoms with Crippen LogP contribution >= 0.6 is 0 Å². The van der Waals surface area contributed by atoms with Crippen molar-refractivity contribution in [2.75, 3.05) is 6.61 Å². The van der Waals surface area contributed by atoms with E-state index in [1.165, 1.54) is 6.92 Å². The van der Waals surface area contributed by atoms with Crippen molar-refractivity contribution in [3.05, 3.63) is 0 Å². The highest BCUT2D eigenvalue weighted by atomic mass is 16.7. The van der Waals surface area contributed by atoms with Crippen molar-refractivity contribution in [3.63, 3.8) is 0 Å². The third kappa shape index (κ3) is 8.16. The average Bonchev–Trinajstić information content (AvgIpc) is 2.75. The molecule has 0 radical (unpaired) electrons. The van der Waals surface area contributed by atoms with Crippen molar-refractivity contribution in [2.45, 2.75) is 90.9 Å². The molecule has 176 valence electrons. The Balaban J connectivity index is 3.37. The Labute approximate surface area is 181 Å². The van der Waals surface area contributed by atoms with Crippen LogP contribution in [-0.4, -0.2) is 67.0 Å². The largest absolute Gasteiger partial charge is 0.463 e. The predicted molar refractivity (Wildman–Crippen MR) is 104 cm³/mol. The van der Waals surface area contributed by atoms with Crippen molar-refractivity contribution in [1.29, 1.82) is 0 Å². The first-order valence-electron chi connectivity index (χ1n) is 10.3. The summed E-state index contributed by atoms with van der Waals surface area (Å²) in [4.78, 5) is 59.5. The van der Waals surface area contributed by atoms with Crippen LogP contribution in [0.25, 0.3) is 0 Å². The van der Waals surface area contributed by atoms with Gasteiger partial charge in [-0.2, -0.15) is 0 Å². The van der Waals surface area contributed by atoms with Gasteiger partial charge in [-0.1, -0.05) is 27.7 Å². The van der Waals surface area contributed by atoms with E-state index in [9.17, 15) is 24.0 Å². The van der Waals surface area contributed by atoms with Crippen LogP contribution in [0.2, 0.25) is 0 Å². The second-order valence-electron chi connectivity index (χ2n) is 6.77. The molecular weight excluding hydrogens is 414 g/mol. The minimum atomic E-state index is -1.37. The summed E-state index contributed by atoms with van der Waals surface area (Å²) in [6.07, 6.45) is -4.80. The number of carbonyl (C=O) groups is 5. The summed E-state index contributed by atoms with van der Waals surface area (Å²) in [5, 5.41) is 2.54. The van der Waals surface area contributed by atoms with Gasteiger partial charge in [-0.15, -0.1) is 0 Å². The van der Waals surface area contributed by atoms with E-state index in [0.29, 0.717) is 0 Å². The second kappa shape index (κ2) is 12.9. The van der Waals surface area contributed by atoms with Crippen LogP contribution in [0.4, 0.5) is 0 Å². The van der Waals surface area contributed by atoms with E-state index in [-0.39, 0.29) is 32.3 Å². The molecule has 0 aromatic rings. The van der Waals surface area contributed by atoms with Crippen molar-refractivity contribution in [2.24, 2.45) is 0 Å². The van der Waals surface area contributed by atoms with Crippen molar-refractivity contribution >= 4 is 29.8 Å². The topological polar surface area (TPSA) is 144 Å². The standard InChI is InChI=1S/C20H31NO10/c1-6-13(23)27-10-12-18(29-14(24)7-2)19(30-15(25)8-3)17(21-11(5)22)20(28-12)31-16(26)9-4/h12,17-20H,6-10H2,1-5H3,(H,21,22)/t12?,17?,18-,19-,20+/m1/s1. The molecule has 1 saturated heterocycles. The highest BCUT2D eigenvalue weighted by Gasteiger charge is 2.52. The van der Waals surface area contributed by atoms with E-state index < -0.39 is 60.4 Å². The third-order valence-corrected chi connectivity index (χ3v) is 4.36. The Bertz CT molecular complexity index is 664. The summed E-state index contributed by atoms with van der Waals surface area (Å²) < 4.78 is 27.1. The maximum Gasteiger partial charge on any atom is 0.307 e. The molecule has 0 bridgehead atoms. The summed E-state index contributed by atoms with van der Waals surface area (Å²) in [5.41, 5.74) is 0.